The zero-order chi connectivity index (χ0) is 18.5. The normalized spacial score (nSPS) is 10.4. The van der Waals surface area contributed by atoms with Gasteiger partial charge in [-0.15, -0.1) is 0 Å². The SMILES string of the molecule is CNC(=O)c1cc(-c2ccc(OC)cc2)nn(Cc2ccccc2)c1=O. The van der Waals surface area contributed by atoms with Crippen molar-refractivity contribution in [2.24, 2.45) is 0 Å². The Hall–Kier alpha value is -3.41. The van der Waals surface area contributed by atoms with E-state index in [-0.39, 0.29) is 12.1 Å². The predicted octanol–water partition coefficient (Wildman–Crippen LogP) is 2.33. The third-order valence-corrected chi connectivity index (χ3v) is 4.01. The van der Waals surface area contributed by atoms with Crippen LogP contribution in [0.1, 0.15) is 15.9 Å². The number of carbonyl (C=O) groups excluding carboxylic acids is 1. The number of ether oxygens (including phenoxy) is 1. The van der Waals surface area contributed by atoms with E-state index in [9.17, 15) is 9.59 Å². The van der Waals surface area contributed by atoms with E-state index in [1.54, 1.807) is 7.11 Å². The van der Waals surface area contributed by atoms with Crippen LogP contribution in [0, 0.1) is 0 Å². The average molecular weight is 349 g/mol. The lowest BCUT2D eigenvalue weighted by molar-refractivity contribution is 0.0960. The molecule has 26 heavy (non-hydrogen) atoms. The Morgan fingerprint density at radius 1 is 1.12 bits per heavy atom. The maximum Gasteiger partial charge on any atom is 0.279 e. The molecule has 0 atom stereocenters. The fourth-order valence-electron chi connectivity index (χ4n) is 2.61. The van der Waals surface area contributed by atoms with Crippen molar-refractivity contribution < 1.29 is 9.53 Å². The van der Waals surface area contributed by atoms with Gasteiger partial charge in [-0.05, 0) is 35.9 Å². The highest BCUT2D eigenvalue weighted by atomic mass is 16.5. The minimum atomic E-state index is -0.436. The Bertz CT molecular complexity index is 964. The molecule has 0 aliphatic carbocycles. The van der Waals surface area contributed by atoms with Crippen LogP contribution in [0.2, 0.25) is 0 Å². The van der Waals surface area contributed by atoms with Gasteiger partial charge in [-0.1, -0.05) is 30.3 Å². The summed E-state index contributed by atoms with van der Waals surface area (Å²) in [5.74, 6) is 0.284. The van der Waals surface area contributed by atoms with E-state index < -0.39 is 11.5 Å². The molecule has 3 aromatic rings. The van der Waals surface area contributed by atoms with Crippen LogP contribution in [-0.2, 0) is 6.54 Å². The number of nitrogens with zero attached hydrogens (tertiary/aromatic N) is 2. The molecule has 6 nitrogen and oxygen atoms in total. The summed E-state index contributed by atoms with van der Waals surface area (Å²) in [5.41, 5.74) is 1.89. The van der Waals surface area contributed by atoms with Gasteiger partial charge in [0.05, 0.1) is 19.3 Å². The van der Waals surface area contributed by atoms with Gasteiger partial charge in [0.1, 0.15) is 11.3 Å². The van der Waals surface area contributed by atoms with Crippen LogP contribution in [0.3, 0.4) is 0 Å². The summed E-state index contributed by atoms with van der Waals surface area (Å²) in [6.07, 6.45) is 0. The first kappa shape index (κ1) is 17.4. The van der Waals surface area contributed by atoms with Gasteiger partial charge in [0.25, 0.3) is 11.5 Å². The lowest BCUT2D eigenvalue weighted by Gasteiger charge is -2.11. The molecular formula is C20H19N3O3. The van der Waals surface area contributed by atoms with Crippen molar-refractivity contribution in [2.75, 3.05) is 14.2 Å². The largest absolute Gasteiger partial charge is 0.497 e. The number of benzene rings is 2. The monoisotopic (exact) mass is 349 g/mol. The minimum absolute atomic E-state index is 0.0595. The first-order valence-corrected chi connectivity index (χ1v) is 8.15. The summed E-state index contributed by atoms with van der Waals surface area (Å²) in [7, 11) is 3.09. The molecule has 0 saturated carbocycles. The zero-order valence-corrected chi connectivity index (χ0v) is 14.6. The molecule has 0 saturated heterocycles. The van der Waals surface area contributed by atoms with Crippen molar-refractivity contribution >= 4 is 5.91 Å². The second kappa shape index (κ2) is 7.65. The first-order chi connectivity index (χ1) is 12.6. The maximum absolute atomic E-state index is 12.7. The Balaban J connectivity index is 2.10. The fraction of sp³-hybridized carbons (Fsp3) is 0.150. The molecule has 0 spiro atoms. The number of nitrogens with one attached hydrogen (secondary N) is 1. The van der Waals surface area contributed by atoms with Gasteiger partial charge in [-0.3, -0.25) is 9.59 Å². The van der Waals surface area contributed by atoms with Crippen molar-refractivity contribution in [1.82, 2.24) is 15.1 Å². The third kappa shape index (κ3) is 3.64. The minimum Gasteiger partial charge on any atom is -0.497 e. The van der Waals surface area contributed by atoms with Crippen LogP contribution in [-0.4, -0.2) is 29.8 Å². The molecule has 0 aliphatic heterocycles. The molecule has 0 aliphatic rings. The fourth-order valence-corrected chi connectivity index (χ4v) is 2.61. The van der Waals surface area contributed by atoms with Crippen molar-refractivity contribution in [2.45, 2.75) is 6.54 Å². The number of methoxy groups -OCH3 is 1. The summed E-state index contributed by atoms with van der Waals surface area (Å²) in [6, 6.07) is 18.3. The van der Waals surface area contributed by atoms with Gasteiger partial charge in [0.2, 0.25) is 0 Å². The Morgan fingerprint density at radius 2 is 1.81 bits per heavy atom. The summed E-state index contributed by atoms with van der Waals surface area (Å²) in [4.78, 5) is 24.8. The van der Waals surface area contributed by atoms with E-state index in [1.165, 1.54) is 17.8 Å². The highest BCUT2D eigenvalue weighted by molar-refractivity contribution is 5.94. The number of amides is 1. The van der Waals surface area contributed by atoms with Gasteiger partial charge in [-0.2, -0.15) is 5.10 Å². The molecule has 2 aromatic carbocycles. The van der Waals surface area contributed by atoms with Crippen LogP contribution in [0.4, 0.5) is 0 Å². The molecule has 1 aromatic heterocycles. The lowest BCUT2D eigenvalue weighted by atomic mass is 10.1. The van der Waals surface area contributed by atoms with E-state index in [2.05, 4.69) is 10.4 Å². The number of hydrogen-bond donors (Lipinski definition) is 1. The van der Waals surface area contributed by atoms with Gasteiger partial charge in [0, 0.05) is 12.6 Å². The Kier molecular flexibility index (Phi) is 5.12. The summed E-state index contributed by atoms with van der Waals surface area (Å²) in [5, 5.41) is 6.96. The van der Waals surface area contributed by atoms with Gasteiger partial charge < -0.3 is 10.1 Å². The standard InChI is InChI=1S/C20H19N3O3/c1-21-19(24)17-12-18(15-8-10-16(26-2)11-9-15)22-23(20(17)25)13-14-6-4-3-5-7-14/h3-12H,13H2,1-2H3,(H,21,24). The molecule has 0 fully saturated rings. The van der Waals surface area contributed by atoms with Gasteiger partial charge >= 0.3 is 0 Å². The van der Waals surface area contributed by atoms with Crippen LogP contribution < -0.4 is 15.6 Å². The molecule has 1 N–H and O–H groups in total. The van der Waals surface area contributed by atoms with E-state index in [0.717, 1.165) is 16.9 Å². The number of rotatable bonds is 5. The molecule has 0 bridgehead atoms. The highest BCUT2D eigenvalue weighted by Crippen LogP contribution is 2.20. The van der Waals surface area contributed by atoms with E-state index in [1.807, 2.05) is 54.6 Å². The lowest BCUT2D eigenvalue weighted by Crippen LogP contribution is -2.33. The van der Waals surface area contributed by atoms with Crippen LogP contribution >= 0.6 is 0 Å². The maximum atomic E-state index is 12.7. The topological polar surface area (TPSA) is 73.2 Å². The molecule has 1 heterocycles. The van der Waals surface area contributed by atoms with Crippen LogP contribution in [0.5, 0.6) is 5.75 Å². The molecule has 3 rings (SSSR count). The summed E-state index contributed by atoms with van der Waals surface area (Å²) >= 11 is 0. The summed E-state index contributed by atoms with van der Waals surface area (Å²) in [6.45, 7) is 0.285. The van der Waals surface area contributed by atoms with Crippen molar-refractivity contribution in [1.29, 1.82) is 0 Å². The van der Waals surface area contributed by atoms with E-state index in [0.29, 0.717) is 5.69 Å². The average Bonchev–Trinajstić information content (AvgIpc) is 2.70. The Labute approximate surface area is 151 Å². The molecule has 1 amide bonds. The van der Waals surface area contributed by atoms with E-state index in [4.69, 9.17) is 4.74 Å². The van der Waals surface area contributed by atoms with Gasteiger partial charge in [0.15, 0.2) is 0 Å². The molecule has 0 radical (unpaired) electrons. The molecular weight excluding hydrogens is 330 g/mol. The van der Waals surface area contributed by atoms with Gasteiger partial charge in [-0.25, -0.2) is 4.68 Å². The summed E-state index contributed by atoms with van der Waals surface area (Å²) < 4.78 is 6.49. The highest BCUT2D eigenvalue weighted by Gasteiger charge is 2.15. The second-order valence-electron chi connectivity index (χ2n) is 5.70. The quantitative estimate of drug-likeness (QED) is 0.767. The van der Waals surface area contributed by atoms with Crippen LogP contribution in [0.15, 0.2) is 65.5 Å². The third-order valence-electron chi connectivity index (χ3n) is 4.01. The zero-order valence-electron chi connectivity index (χ0n) is 14.6. The first-order valence-electron chi connectivity index (χ1n) is 8.15. The predicted molar refractivity (Wildman–Crippen MR) is 99.4 cm³/mol. The van der Waals surface area contributed by atoms with Crippen molar-refractivity contribution in [3.05, 3.63) is 82.1 Å². The number of hydrogen-bond acceptors (Lipinski definition) is 4. The molecule has 6 heteroatoms. The van der Waals surface area contributed by atoms with E-state index >= 15 is 0 Å². The Morgan fingerprint density at radius 3 is 2.42 bits per heavy atom. The van der Waals surface area contributed by atoms with Crippen molar-refractivity contribution in [3.8, 4) is 17.0 Å². The molecule has 132 valence electrons. The molecule has 0 unspecified atom stereocenters. The second-order valence-corrected chi connectivity index (χ2v) is 5.70. The van der Waals surface area contributed by atoms with Crippen molar-refractivity contribution in [3.63, 3.8) is 0 Å². The number of carbonyl (C=O) groups is 1. The van der Waals surface area contributed by atoms with Crippen LogP contribution in [0.25, 0.3) is 11.3 Å². The smallest absolute Gasteiger partial charge is 0.279 e. The number of aromatic nitrogens is 2.